The van der Waals surface area contributed by atoms with Crippen molar-refractivity contribution in [1.82, 2.24) is 9.80 Å². The zero-order valence-electron chi connectivity index (χ0n) is 12.8. The molecule has 1 atom stereocenters. The summed E-state index contributed by atoms with van der Waals surface area (Å²) in [4.78, 5) is 16.7. The topological polar surface area (TPSA) is 23.6 Å². The lowest BCUT2D eigenvalue weighted by Crippen LogP contribution is -2.44. The molecule has 0 spiro atoms. The fourth-order valence-electron chi connectivity index (χ4n) is 2.79. The Balaban J connectivity index is 1.87. The zero-order valence-corrected chi connectivity index (χ0v) is 13.6. The molecule has 0 radical (unpaired) electrons. The minimum Gasteiger partial charge on any atom is -0.338 e. The van der Waals surface area contributed by atoms with E-state index >= 15 is 0 Å². The van der Waals surface area contributed by atoms with E-state index in [-0.39, 0.29) is 17.9 Å². The quantitative estimate of drug-likeness (QED) is 0.841. The number of thiophene rings is 1. The highest BCUT2D eigenvalue weighted by Gasteiger charge is 2.35. The summed E-state index contributed by atoms with van der Waals surface area (Å²) in [5, 5.41) is 1.97. The van der Waals surface area contributed by atoms with Crippen LogP contribution in [0.25, 0.3) is 0 Å². The molecule has 3 nitrogen and oxygen atoms in total. The van der Waals surface area contributed by atoms with Crippen molar-refractivity contribution in [3.8, 4) is 0 Å². The number of halogens is 3. The van der Waals surface area contributed by atoms with Gasteiger partial charge in [0, 0.05) is 17.8 Å². The van der Waals surface area contributed by atoms with Gasteiger partial charge in [0.15, 0.2) is 0 Å². The molecule has 1 fully saturated rings. The van der Waals surface area contributed by atoms with Crippen molar-refractivity contribution in [2.24, 2.45) is 5.92 Å². The van der Waals surface area contributed by atoms with Crippen molar-refractivity contribution in [3.05, 3.63) is 22.4 Å². The van der Waals surface area contributed by atoms with Gasteiger partial charge in [0.2, 0.25) is 5.91 Å². The van der Waals surface area contributed by atoms with Crippen LogP contribution in [-0.4, -0.2) is 48.6 Å². The molecule has 0 bridgehead atoms. The molecule has 124 valence electrons. The van der Waals surface area contributed by atoms with Crippen LogP contribution in [0.3, 0.4) is 0 Å². The maximum Gasteiger partial charge on any atom is 0.401 e. The molecule has 1 aromatic rings. The standard InChI is InChI=1S/C15H21F3N2OS/c1-11(13-4-3-9-22-13)19(2)14(21)12-5-7-20(8-6-12)10-15(16,17)18/h3-4,9,11-12H,5-8,10H2,1-2H3. The van der Waals surface area contributed by atoms with E-state index in [0.29, 0.717) is 25.9 Å². The third-order valence-corrected chi connectivity index (χ3v) is 5.27. The molecule has 22 heavy (non-hydrogen) atoms. The lowest BCUT2D eigenvalue weighted by Gasteiger charge is -2.35. The van der Waals surface area contributed by atoms with Gasteiger partial charge >= 0.3 is 6.18 Å². The van der Waals surface area contributed by atoms with Crippen molar-refractivity contribution >= 4 is 17.2 Å². The van der Waals surface area contributed by atoms with Gasteiger partial charge in [-0.05, 0) is 44.3 Å². The number of alkyl halides is 3. The fourth-order valence-corrected chi connectivity index (χ4v) is 3.62. The summed E-state index contributed by atoms with van der Waals surface area (Å²) >= 11 is 1.60. The Morgan fingerprint density at radius 3 is 2.59 bits per heavy atom. The van der Waals surface area contributed by atoms with E-state index in [1.165, 1.54) is 4.90 Å². The van der Waals surface area contributed by atoms with Crippen molar-refractivity contribution in [1.29, 1.82) is 0 Å². The molecule has 1 amide bonds. The highest BCUT2D eigenvalue weighted by molar-refractivity contribution is 7.10. The predicted molar refractivity (Wildman–Crippen MR) is 80.7 cm³/mol. The lowest BCUT2D eigenvalue weighted by atomic mass is 9.95. The summed E-state index contributed by atoms with van der Waals surface area (Å²) in [6.07, 6.45) is -3.17. The van der Waals surface area contributed by atoms with Gasteiger partial charge in [-0.15, -0.1) is 11.3 Å². The molecule has 7 heteroatoms. The van der Waals surface area contributed by atoms with E-state index in [9.17, 15) is 18.0 Å². The SMILES string of the molecule is CC(c1cccs1)N(C)C(=O)C1CCN(CC(F)(F)F)CC1. The number of amides is 1. The molecule has 1 saturated heterocycles. The Labute approximate surface area is 132 Å². The van der Waals surface area contributed by atoms with Crippen LogP contribution in [0.4, 0.5) is 13.2 Å². The van der Waals surface area contributed by atoms with Gasteiger partial charge in [-0.1, -0.05) is 6.07 Å². The van der Waals surface area contributed by atoms with Crippen molar-refractivity contribution in [2.45, 2.75) is 32.0 Å². The summed E-state index contributed by atoms with van der Waals surface area (Å²) in [5.41, 5.74) is 0. The number of nitrogens with zero attached hydrogens (tertiary/aromatic N) is 2. The van der Waals surface area contributed by atoms with E-state index in [1.54, 1.807) is 23.3 Å². The first-order valence-electron chi connectivity index (χ1n) is 7.37. The number of hydrogen-bond acceptors (Lipinski definition) is 3. The van der Waals surface area contributed by atoms with Crippen LogP contribution < -0.4 is 0 Å². The molecule has 2 heterocycles. The van der Waals surface area contributed by atoms with E-state index in [4.69, 9.17) is 0 Å². The first kappa shape index (κ1) is 17.3. The van der Waals surface area contributed by atoms with Gasteiger partial charge in [0.05, 0.1) is 12.6 Å². The molecule has 0 aliphatic carbocycles. The fraction of sp³-hybridized carbons (Fsp3) is 0.667. The summed E-state index contributed by atoms with van der Waals surface area (Å²) in [6, 6.07) is 3.94. The zero-order chi connectivity index (χ0) is 16.3. The molecular weight excluding hydrogens is 313 g/mol. The van der Waals surface area contributed by atoms with Crippen LogP contribution in [0.2, 0.25) is 0 Å². The average Bonchev–Trinajstić information content (AvgIpc) is 2.98. The monoisotopic (exact) mass is 334 g/mol. The summed E-state index contributed by atoms with van der Waals surface area (Å²) in [6.45, 7) is 1.76. The second-order valence-corrected chi connectivity index (χ2v) is 6.79. The third kappa shape index (κ3) is 4.46. The highest BCUT2D eigenvalue weighted by atomic mass is 32.1. The predicted octanol–water partition coefficient (Wildman–Crippen LogP) is 3.54. The number of carbonyl (C=O) groups excluding carboxylic acids is 1. The molecule has 1 unspecified atom stereocenters. The first-order chi connectivity index (χ1) is 10.3. The van der Waals surface area contributed by atoms with Crippen LogP contribution in [0, 0.1) is 5.92 Å². The molecule has 2 rings (SSSR count). The van der Waals surface area contributed by atoms with Gasteiger partial charge in [-0.3, -0.25) is 9.69 Å². The number of piperidine rings is 1. The molecule has 0 N–H and O–H groups in total. The number of hydrogen-bond donors (Lipinski definition) is 0. The second kappa shape index (κ2) is 7.00. The van der Waals surface area contributed by atoms with Crippen LogP contribution in [0.5, 0.6) is 0 Å². The second-order valence-electron chi connectivity index (χ2n) is 5.81. The molecule has 1 aliphatic rings. The number of likely N-dealkylation sites (tertiary alicyclic amines) is 1. The molecule has 0 saturated carbocycles. The summed E-state index contributed by atoms with van der Waals surface area (Å²) < 4.78 is 37.1. The average molecular weight is 334 g/mol. The summed E-state index contributed by atoms with van der Waals surface area (Å²) in [5.74, 6) is -0.135. The highest BCUT2D eigenvalue weighted by Crippen LogP contribution is 2.28. The largest absolute Gasteiger partial charge is 0.401 e. The minimum atomic E-state index is -4.17. The number of rotatable bonds is 4. The lowest BCUT2D eigenvalue weighted by molar-refractivity contribution is -0.151. The Morgan fingerprint density at radius 1 is 1.45 bits per heavy atom. The van der Waals surface area contributed by atoms with E-state index in [2.05, 4.69) is 0 Å². The normalized spacial score (nSPS) is 19.1. The van der Waals surface area contributed by atoms with Crippen molar-refractivity contribution in [2.75, 3.05) is 26.7 Å². The van der Waals surface area contributed by atoms with Gasteiger partial charge < -0.3 is 4.90 Å². The van der Waals surface area contributed by atoms with Gasteiger partial charge in [0.25, 0.3) is 0 Å². The smallest absolute Gasteiger partial charge is 0.338 e. The van der Waals surface area contributed by atoms with E-state index in [0.717, 1.165) is 4.88 Å². The molecule has 0 aromatic carbocycles. The van der Waals surface area contributed by atoms with Crippen molar-refractivity contribution < 1.29 is 18.0 Å². The number of carbonyl (C=O) groups is 1. The minimum absolute atomic E-state index is 0.000653. The maximum atomic E-state index is 12.5. The van der Waals surface area contributed by atoms with Crippen LogP contribution in [0.1, 0.15) is 30.7 Å². The summed E-state index contributed by atoms with van der Waals surface area (Å²) in [7, 11) is 1.77. The molecule has 1 aliphatic heterocycles. The third-order valence-electron chi connectivity index (χ3n) is 4.22. The Hall–Kier alpha value is -1.08. The van der Waals surface area contributed by atoms with Crippen LogP contribution >= 0.6 is 11.3 Å². The van der Waals surface area contributed by atoms with E-state index < -0.39 is 12.7 Å². The molecular formula is C15H21F3N2OS. The first-order valence-corrected chi connectivity index (χ1v) is 8.25. The Morgan fingerprint density at radius 2 is 2.09 bits per heavy atom. The van der Waals surface area contributed by atoms with Gasteiger partial charge in [-0.25, -0.2) is 0 Å². The Kier molecular flexibility index (Phi) is 5.50. The van der Waals surface area contributed by atoms with E-state index in [1.807, 2.05) is 24.4 Å². The van der Waals surface area contributed by atoms with Gasteiger partial charge in [0.1, 0.15) is 0 Å². The molecule has 1 aromatic heterocycles. The van der Waals surface area contributed by atoms with Crippen LogP contribution in [0.15, 0.2) is 17.5 Å². The Bertz CT molecular complexity index is 481. The maximum absolute atomic E-state index is 12.5. The van der Waals surface area contributed by atoms with Gasteiger partial charge in [-0.2, -0.15) is 13.2 Å². The van der Waals surface area contributed by atoms with Crippen molar-refractivity contribution in [3.63, 3.8) is 0 Å². The van der Waals surface area contributed by atoms with Crippen LogP contribution in [-0.2, 0) is 4.79 Å².